The molecule has 0 aliphatic carbocycles. The van der Waals surface area contributed by atoms with E-state index < -0.39 is 34.6 Å². The Morgan fingerprint density at radius 1 is 1.19 bits per heavy atom. The van der Waals surface area contributed by atoms with E-state index in [1.165, 1.54) is 12.1 Å². The molecule has 0 radical (unpaired) electrons. The number of hydrogen-bond donors (Lipinski definition) is 2. The highest BCUT2D eigenvalue weighted by molar-refractivity contribution is 6.30. The van der Waals surface area contributed by atoms with Gasteiger partial charge in [0.25, 0.3) is 5.91 Å². The van der Waals surface area contributed by atoms with Crippen LogP contribution in [0.3, 0.4) is 0 Å². The number of carbonyl (C=O) groups excluding carboxylic acids is 1. The van der Waals surface area contributed by atoms with Crippen LogP contribution in [0.4, 0.5) is 18.9 Å². The molecule has 21 heavy (non-hydrogen) atoms. The highest BCUT2D eigenvalue weighted by atomic mass is 35.5. The number of nitrogens with one attached hydrogen (secondary N) is 1. The van der Waals surface area contributed by atoms with E-state index in [0.29, 0.717) is 5.56 Å². The Morgan fingerprint density at radius 3 is 2.57 bits per heavy atom. The van der Waals surface area contributed by atoms with E-state index in [2.05, 4.69) is 5.32 Å². The first-order valence-corrected chi connectivity index (χ1v) is 6.23. The highest BCUT2D eigenvalue weighted by Crippen LogP contribution is 2.18. The van der Waals surface area contributed by atoms with Gasteiger partial charge in [0.15, 0.2) is 5.82 Å². The van der Waals surface area contributed by atoms with Crippen molar-refractivity contribution >= 4 is 23.2 Å². The minimum atomic E-state index is -0.994. The van der Waals surface area contributed by atoms with E-state index in [-0.39, 0.29) is 11.6 Å². The van der Waals surface area contributed by atoms with Crippen LogP contribution in [0.5, 0.6) is 0 Å². The van der Waals surface area contributed by atoms with Gasteiger partial charge in [0.05, 0.1) is 16.3 Å². The van der Waals surface area contributed by atoms with Crippen LogP contribution in [0.2, 0.25) is 5.02 Å². The maximum absolute atomic E-state index is 13.7. The van der Waals surface area contributed by atoms with Gasteiger partial charge in [-0.1, -0.05) is 17.7 Å². The summed E-state index contributed by atoms with van der Waals surface area (Å²) in [5.74, 6) is -3.23. The Morgan fingerprint density at radius 2 is 1.90 bits per heavy atom. The number of hydrogen-bond acceptors (Lipinski definition) is 2. The summed E-state index contributed by atoms with van der Waals surface area (Å²) in [7, 11) is 0. The van der Waals surface area contributed by atoms with E-state index in [1.54, 1.807) is 0 Å². The smallest absolute Gasteiger partial charge is 0.254 e. The second-order valence-corrected chi connectivity index (χ2v) is 4.69. The van der Waals surface area contributed by atoms with Crippen molar-refractivity contribution in [1.29, 1.82) is 0 Å². The van der Waals surface area contributed by atoms with E-state index >= 15 is 0 Å². The molecule has 0 fully saturated rings. The van der Waals surface area contributed by atoms with Crippen LogP contribution in [-0.4, -0.2) is 5.91 Å². The number of carbonyl (C=O) groups is 1. The van der Waals surface area contributed by atoms with Crippen molar-refractivity contribution in [3.63, 3.8) is 0 Å². The van der Waals surface area contributed by atoms with Gasteiger partial charge >= 0.3 is 0 Å². The molecule has 0 unspecified atom stereocenters. The van der Waals surface area contributed by atoms with Crippen LogP contribution in [0.15, 0.2) is 30.3 Å². The summed E-state index contributed by atoms with van der Waals surface area (Å²) in [4.78, 5) is 11.8. The molecule has 2 aromatic carbocycles. The molecule has 3 nitrogen and oxygen atoms in total. The first-order chi connectivity index (χ1) is 9.88. The number of rotatable bonds is 3. The minimum Gasteiger partial charge on any atom is -0.396 e. The summed E-state index contributed by atoms with van der Waals surface area (Å²) in [5.41, 5.74) is 4.81. The number of anilines is 1. The predicted molar refractivity (Wildman–Crippen MR) is 73.4 cm³/mol. The Hall–Kier alpha value is -2.21. The van der Waals surface area contributed by atoms with Crippen LogP contribution in [0.1, 0.15) is 15.9 Å². The van der Waals surface area contributed by atoms with Gasteiger partial charge in [-0.25, -0.2) is 13.2 Å². The molecular weight excluding hydrogens is 305 g/mol. The molecule has 0 saturated heterocycles. The average Bonchev–Trinajstić information content (AvgIpc) is 2.43. The van der Waals surface area contributed by atoms with Gasteiger partial charge in [-0.2, -0.15) is 0 Å². The fourth-order valence-corrected chi connectivity index (χ4v) is 1.91. The monoisotopic (exact) mass is 314 g/mol. The highest BCUT2D eigenvalue weighted by Gasteiger charge is 2.16. The zero-order chi connectivity index (χ0) is 15.6. The maximum atomic E-state index is 13.7. The zero-order valence-corrected chi connectivity index (χ0v) is 11.3. The Kier molecular flexibility index (Phi) is 4.37. The van der Waals surface area contributed by atoms with Crippen LogP contribution in [-0.2, 0) is 6.54 Å². The fourth-order valence-electron chi connectivity index (χ4n) is 1.70. The van der Waals surface area contributed by atoms with Crippen molar-refractivity contribution in [2.45, 2.75) is 6.54 Å². The van der Waals surface area contributed by atoms with Gasteiger partial charge in [-0.3, -0.25) is 4.79 Å². The van der Waals surface area contributed by atoms with Crippen molar-refractivity contribution in [1.82, 2.24) is 5.32 Å². The fraction of sp³-hybridized carbons (Fsp3) is 0.0714. The number of amides is 1. The third kappa shape index (κ3) is 3.46. The quantitative estimate of drug-likeness (QED) is 0.854. The summed E-state index contributed by atoms with van der Waals surface area (Å²) < 4.78 is 39.8. The van der Waals surface area contributed by atoms with Gasteiger partial charge in [-0.15, -0.1) is 0 Å². The predicted octanol–water partition coefficient (Wildman–Crippen LogP) is 3.27. The molecule has 0 bridgehead atoms. The molecule has 110 valence electrons. The molecule has 0 aromatic heterocycles. The first kappa shape index (κ1) is 15.2. The van der Waals surface area contributed by atoms with Crippen molar-refractivity contribution < 1.29 is 18.0 Å². The first-order valence-electron chi connectivity index (χ1n) is 5.85. The lowest BCUT2D eigenvalue weighted by Gasteiger charge is -2.08. The Balaban J connectivity index is 2.13. The van der Waals surface area contributed by atoms with Gasteiger partial charge in [0, 0.05) is 6.54 Å². The molecule has 2 rings (SSSR count). The van der Waals surface area contributed by atoms with Gasteiger partial charge in [0.2, 0.25) is 0 Å². The largest absolute Gasteiger partial charge is 0.396 e. The molecule has 0 atom stereocenters. The number of nitrogens with two attached hydrogens (primary N) is 1. The summed E-state index contributed by atoms with van der Waals surface area (Å²) in [6, 6.07) is 5.42. The Labute approximate surface area is 123 Å². The molecule has 0 spiro atoms. The third-order valence-electron chi connectivity index (χ3n) is 2.75. The van der Waals surface area contributed by atoms with Crippen LogP contribution >= 0.6 is 11.6 Å². The van der Waals surface area contributed by atoms with Crippen molar-refractivity contribution in [2.24, 2.45) is 0 Å². The summed E-state index contributed by atoms with van der Waals surface area (Å²) in [6.07, 6.45) is 0. The summed E-state index contributed by atoms with van der Waals surface area (Å²) in [5, 5.41) is 2.28. The van der Waals surface area contributed by atoms with Crippen molar-refractivity contribution in [2.75, 3.05) is 5.73 Å². The second kappa shape index (κ2) is 6.05. The molecule has 3 N–H and O–H groups in total. The SMILES string of the molecule is Nc1cc(F)cc(C(=O)NCc2ccc(F)c(Cl)c2)c1F. The molecule has 1 amide bonds. The minimum absolute atomic E-state index is 0.0192. The van der Waals surface area contributed by atoms with E-state index in [0.717, 1.165) is 18.2 Å². The lowest BCUT2D eigenvalue weighted by Crippen LogP contribution is -2.24. The van der Waals surface area contributed by atoms with Crippen molar-refractivity contribution in [3.05, 3.63) is 63.9 Å². The lowest BCUT2D eigenvalue weighted by molar-refractivity contribution is 0.0946. The average molecular weight is 315 g/mol. The number of halogens is 4. The maximum Gasteiger partial charge on any atom is 0.254 e. The molecule has 0 aliphatic rings. The lowest BCUT2D eigenvalue weighted by atomic mass is 10.1. The molecule has 0 aliphatic heterocycles. The third-order valence-corrected chi connectivity index (χ3v) is 3.04. The molecule has 7 heteroatoms. The van der Waals surface area contributed by atoms with Gasteiger partial charge < -0.3 is 11.1 Å². The van der Waals surface area contributed by atoms with E-state index in [9.17, 15) is 18.0 Å². The van der Waals surface area contributed by atoms with Crippen LogP contribution < -0.4 is 11.1 Å². The number of benzene rings is 2. The van der Waals surface area contributed by atoms with E-state index in [4.69, 9.17) is 17.3 Å². The van der Waals surface area contributed by atoms with Gasteiger partial charge in [-0.05, 0) is 29.8 Å². The summed E-state index contributed by atoms with van der Waals surface area (Å²) in [6.45, 7) is -0.0192. The topological polar surface area (TPSA) is 55.1 Å². The molecular formula is C14H10ClF3N2O. The molecule has 2 aromatic rings. The van der Waals surface area contributed by atoms with Crippen LogP contribution in [0, 0.1) is 17.5 Å². The Bertz CT molecular complexity index is 707. The van der Waals surface area contributed by atoms with Gasteiger partial charge in [0.1, 0.15) is 11.6 Å². The van der Waals surface area contributed by atoms with Crippen molar-refractivity contribution in [3.8, 4) is 0 Å². The normalized spacial score (nSPS) is 10.5. The summed E-state index contributed by atoms with van der Waals surface area (Å²) >= 11 is 5.60. The second-order valence-electron chi connectivity index (χ2n) is 4.29. The molecule has 0 heterocycles. The van der Waals surface area contributed by atoms with E-state index in [1.807, 2.05) is 0 Å². The van der Waals surface area contributed by atoms with Crippen LogP contribution in [0.25, 0.3) is 0 Å². The standard InChI is InChI=1S/C14H10ClF3N2O/c15-10-3-7(1-2-11(10)17)6-20-14(21)9-4-8(16)5-12(19)13(9)18/h1-5H,6,19H2,(H,20,21). The number of nitrogen functional groups attached to an aromatic ring is 1. The zero-order valence-electron chi connectivity index (χ0n) is 10.6. The molecule has 0 saturated carbocycles.